The molecule has 1 saturated heterocycles. The van der Waals surface area contributed by atoms with E-state index in [-0.39, 0.29) is 19.1 Å². The first-order valence-corrected chi connectivity index (χ1v) is 8.09. The van der Waals surface area contributed by atoms with Crippen molar-refractivity contribution in [2.24, 2.45) is 0 Å². The Balaban J connectivity index is 1.74. The summed E-state index contributed by atoms with van der Waals surface area (Å²) in [5.74, 6) is -1.22. The van der Waals surface area contributed by atoms with Crippen molar-refractivity contribution in [3.63, 3.8) is 0 Å². The molecule has 1 aromatic heterocycles. The summed E-state index contributed by atoms with van der Waals surface area (Å²) in [4.78, 5) is 29.4. The molecule has 3 rings (SSSR count). The maximum Gasteiger partial charge on any atom is 0.334 e. The second-order valence-corrected chi connectivity index (χ2v) is 6.34. The zero-order valence-corrected chi connectivity index (χ0v) is 13.4. The van der Waals surface area contributed by atoms with Gasteiger partial charge in [-0.3, -0.25) is 4.79 Å². The molecule has 1 amide bonds. The molecule has 2 heterocycles. The number of morpholine rings is 1. The molecule has 1 N–H and O–H groups in total. The number of carboxylic acid groups (broad SMARTS) is 1. The normalized spacial score (nSPS) is 18.0. The van der Waals surface area contributed by atoms with Crippen LogP contribution in [0.15, 0.2) is 29.6 Å². The highest BCUT2D eigenvalue weighted by molar-refractivity contribution is 7.09. The van der Waals surface area contributed by atoms with Gasteiger partial charge in [-0.05, 0) is 19.1 Å². The molecule has 1 fully saturated rings. The Hall–Kier alpha value is -2.25. The minimum absolute atomic E-state index is 0.0706. The SMILES string of the molecule is Cc1nc(-c2ccc(C(=O)N3CCO[C@H](C(=O)O)C3)cc2)cs1. The lowest BCUT2D eigenvalue weighted by Crippen LogP contribution is -2.48. The van der Waals surface area contributed by atoms with Gasteiger partial charge in [0.2, 0.25) is 0 Å². The Kier molecular flexibility index (Phi) is 4.40. The van der Waals surface area contributed by atoms with E-state index >= 15 is 0 Å². The highest BCUT2D eigenvalue weighted by Gasteiger charge is 2.29. The van der Waals surface area contributed by atoms with Gasteiger partial charge in [0.05, 0.1) is 23.9 Å². The maximum atomic E-state index is 12.5. The van der Waals surface area contributed by atoms with Gasteiger partial charge in [-0.25, -0.2) is 9.78 Å². The van der Waals surface area contributed by atoms with E-state index in [1.807, 2.05) is 24.4 Å². The van der Waals surface area contributed by atoms with Gasteiger partial charge in [0.1, 0.15) is 0 Å². The Bertz CT molecular complexity index is 726. The fourth-order valence-corrected chi connectivity index (χ4v) is 3.07. The van der Waals surface area contributed by atoms with Crippen LogP contribution in [-0.4, -0.2) is 52.7 Å². The molecule has 0 aliphatic carbocycles. The summed E-state index contributed by atoms with van der Waals surface area (Å²) in [6.45, 7) is 2.65. The molecule has 0 unspecified atom stereocenters. The monoisotopic (exact) mass is 332 g/mol. The summed E-state index contributed by atoms with van der Waals surface area (Å²) in [7, 11) is 0. The average molecular weight is 332 g/mol. The molecule has 1 aliphatic rings. The highest BCUT2D eigenvalue weighted by atomic mass is 32.1. The van der Waals surface area contributed by atoms with E-state index in [1.165, 1.54) is 4.90 Å². The van der Waals surface area contributed by atoms with Gasteiger partial charge in [0.25, 0.3) is 5.91 Å². The van der Waals surface area contributed by atoms with E-state index < -0.39 is 12.1 Å². The first kappa shape index (κ1) is 15.6. The molecule has 1 aliphatic heterocycles. The third-order valence-corrected chi connectivity index (χ3v) is 4.45. The zero-order valence-electron chi connectivity index (χ0n) is 12.6. The summed E-state index contributed by atoms with van der Waals surface area (Å²) in [6.07, 6.45) is -0.954. The first-order valence-electron chi connectivity index (χ1n) is 7.21. The fraction of sp³-hybridized carbons (Fsp3) is 0.312. The lowest BCUT2D eigenvalue weighted by atomic mass is 10.1. The van der Waals surface area contributed by atoms with Crippen LogP contribution in [0.5, 0.6) is 0 Å². The van der Waals surface area contributed by atoms with E-state index in [1.54, 1.807) is 23.5 Å². The topological polar surface area (TPSA) is 79.7 Å². The van der Waals surface area contributed by atoms with E-state index in [4.69, 9.17) is 9.84 Å². The Labute approximate surface area is 137 Å². The number of thiazole rings is 1. The van der Waals surface area contributed by atoms with Gasteiger partial charge in [-0.2, -0.15) is 0 Å². The van der Waals surface area contributed by atoms with E-state index in [0.717, 1.165) is 16.3 Å². The van der Waals surface area contributed by atoms with Crippen LogP contribution in [0.25, 0.3) is 11.3 Å². The predicted octanol–water partition coefficient (Wildman–Crippen LogP) is 2.04. The van der Waals surface area contributed by atoms with Crippen LogP contribution in [-0.2, 0) is 9.53 Å². The highest BCUT2D eigenvalue weighted by Crippen LogP contribution is 2.22. The first-order chi connectivity index (χ1) is 11.0. The van der Waals surface area contributed by atoms with Crippen LogP contribution < -0.4 is 0 Å². The molecule has 0 bridgehead atoms. The molecule has 1 aromatic carbocycles. The number of carbonyl (C=O) groups is 2. The molecule has 7 heteroatoms. The van der Waals surface area contributed by atoms with Crippen molar-refractivity contribution in [3.05, 3.63) is 40.2 Å². The minimum atomic E-state index is -1.04. The minimum Gasteiger partial charge on any atom is -0.479 e. The standard InChI is InChI=1S/C16H16N2O4S/c1-10-17-13(9-23-10)11-2-4-12(5-3-11)15(19)18-6-7-22-14(8-18)16(20)21/h2-5,9,14H,6-8H2,1H3,(H,20,21)/t14-/m0/s1. The summed E-state index contributed by atoms with van der Waals surface area (Å²) in [5.41, 5.74) is 2.38. The lowest BCUT2D eigenvalue weighted by molar-refractivity contribution is -0.154. The molecule has 1 atom stereocenters. The average Bonchev–Trinajstić information content (AvgIpc) is 3.01. The third-order valence-electron chi connectivity index (χ3n) is 3.68. The van der Waals surface area contributed by atoms with Crippen LogP contribution >= 0.6 is 11.3 Å². The van der Waals surface area contributed by atoms with Gasteiger partial charge >= 0.3 is 5.97 Å². The van der Waals surface area contributed by atoms with E-state index in [2.05, 4.69) is 4.98 Å². The maximum absolute atomic E-state index is 12.5. The van der Waals surface area contributed by atoms with Crippen molar-refractivity contribution in [1.29, 1.82) is 0 Å². The van der Waals surface area contributed by atoms with Gasteiger partial charge in [0.15, 0.2) is 6.10 Å². The quantitative estimate of drug-likeness (QED) is 0.930. The van der Waals surface area contributed by atoms with Crippen molar-refractivity contribution in [2.45, 2.75) is 13.0 Å². The summed E-state index contributed by atoms with van der Waals surface area (Å²) in [5, 5.41) is 12.0. The molecule has 0 spiro atoms. The van der Waals surface area contributed by atoms with Gasteiger partial charge in [-0.15, -0.1) is 11.3 Å². The Morgan fingerprint density at radius 2 is 2.09 bits per heavy atom. The lowest BCUT2D eigenvalue weighted by Gasteiger charge is -2.30. The summed E-state index contributed by atoms with van der Waals surface area (Å²) >= 11 is 1.58. The molecular formula is C16H16N2O4S. The number of amides is 1. The van der Waals surface area contributed by atoms with Crippen molar-refractivity contribution in [3.8, 4) is 11.3 Å². The molecule has 23 heavy (non-hydrogen) atoms. The number of hydrogen-bond acceptors (Lipinski definition) is 5. The van der Waals surface area contributed by atoms with Gasteiger partial charge in [0, 0.05) is 23.1 Å². The number of ether oxygens (including phenoxy) is 1. The predicted molar refractivity (Wildman–Crippen MR) is 85.6 cm³/mol. The molecule has 2 aromatic rings. The van der Waals surface area contributed by atoms with Gasteiger partial charge in [-0.1, -0.05) is 12.1 Å². The fourth-order valence-electron chi connectivity index (χ4n) is 2.45. The third kappa shape index (κ3) is 3.40. The number of aromatic nitrogens is 1. The number of benzene rings is 1. The van der Waals surface area contributed by atoms with E-state index in [9.17, 15) is 9.59 Å². The molecule has 0 radical (unpaired) electrons. The number of carboxylic acids is 1. The number of hydrogen-bond donors (Lipinski definition) is 1. The number of aliphatic carboxylic acids is 1. The largest absolute Gasteiger partial charge is 0.479 e. The van der Waals surface area contributed by atoms with Crippen LogP contribution in [0.2, 0.25) is 0 Å². The summed E-state index contributed by atoms with van der Waals surface area (Å²) < 4.78 is 5.13. The molecule has 120 valence electrons. The molecule has 0 saturated carbocycles. The number of aryl methyl sites for hydroxylation is 1. The number of carbonyl (C=O) groups excluding carboxylic acids is 1. The van der Waals surface area contributed by atoms with Crippen molar-refractivity contribution in [1.82, 2.24) is 9.88 Å². The van der Waals surface area contributed by atoms with Gasteiger partial charge < -0.3 is 14.7 Å². The van der Waals surface area contributed by atoms with Crippen LogP contribution in [0, 0.1) is 6.92 Å². The Morgan fingerprint density at radius 3 is 2.70 bits per heavy atom. The van der Waals surface area contributed by atoms with Crippen molar-refractivity contribution >= 4 is 23.2 Å². The van der Waals surface area contributed by atoms with Crippen molar-refractivity contribution in [2.75, 3.05) is 19.7 Å². The summed E-state index contributed by atoms with van der Waals surface area (Å²) in [6, 6.07) is 7.21. The van der Waals surface area contributed by atoms with E-state index in [0.29, 0.717) is 12.1 Å². The van der Waals surface area contributed by atoms with Crippen molar-refractivity contribution < 1.29 is 19.4 Å². The second-order valence-electron chi connectivity index (χ2n) is 5.28. The van der Waals surface area contributed by atoms with Crippen LogP contribution in [0.1, 0.15) is 15.4 Å². The number of nitrogens with zero attached hydrogens (tertiary/aromatic N) is 2. The van der Waals surface area contributed by atoms with Crippen LogP contribution in [0.4, 0.5) is 0 Å². The smallest absolute Gasteiger partial charge is 0.334 e. The second kappa shape index (κ2) is 6.47. The molecular weight excluding hydrogens is 316 g/mol. The number of rotatable bonds is 3. The van der Waals surface area contributed by atoms with Crippen LogP contribution in [0.3, 0.4) is 0 Å². The Morgan fingerprint density at radius 1 is 1.35 bits per heavy atom. The molecule has 6 nitrogen and oxygen atoms in total. The zero-order chi connectivity index (χ0) is 16.4.